The molecule has 1 atom stereocenters. The van der Waals surface area contributed by atoms with E-state index in [9.17, 15) is 26.8 Å². The van der Waals surface area contributed by atoms with Crippen LogP contribution in [0.1, 0.15) is 28.6 Å². The minimum atomic E-state index is -3.36. The molecule has 1 aromatic heterocycles. The van der Waals surface area contributed by atoms with Gasteiger partial charge in [0.25, 0.3) is 5.91 Å². The van der Waals surface area contributed by atoms with Crippen molar-refractivity contribution < 1.29 is 31.2 Å². The molecule has 0 spiro atoms. The molecule has 1 fully saturated rings. The molecule has 0 radical (unpaired) electrons. The maximum Gasteiger partial charge on any atom is 0.322 e. The lowest BCUT2D eigenvalue weighted by Gasteiger charge is -2.16. The minimum Gasteiger partial charge on any atom is -0.407 e. The third-order valence-electron chi connectivity index (χ3n) is 4.90. The Balaban J connectivity index is 1.47. The van der Waals surface area contributed by atoms with Gasteiger partial charge in [-0.2, -0.15) is 0 Å². The van der Waals surface area contributed by atoms with E-state index in [1.165, 1.54) is 29.2 Å². The first-order valence-electron chi connectivity index (χ1n) is 9.32. The molecular weight excluding hydrogens is 446 g/mol. The summed E-state index contributed by atoms with van der Waals surface area (Å²) in [6.45, 7) is 0.189. The number of sulfone groups is 1. The zero-order valence-corrected chi connectivity index (χ0v) is 17.4. The van der Waals surface area contributed by atoms with Gasteiger partial charge < -0.3 is 9.32 Å². The molecule has 1 unspecified atom stereocenters. The fourth-order valence-corrected chi connectivity index (χ4v) is 3.95. The summed E-state index contributed by atoms with van der Waals surface area (Å²) in [5, 5.41) is 9.62. The van der Waals surface area contributed by atoms with Crippen molar-refractivity contribution in [3.63, 3.8) is 0 Å². The van der Waals surface area contributed by atoms with Gasteiger partial charge in [0.15, 0.2) is 9.84 Å². The molecule has 166 valence electrons. The van der Waals surface area contributed by atoms with Crippen LogP contribution in [-0.2, 0) is 14.6 Å². The van der Waals surface area contributed by atoms with Crippen molar-refractivity contribution in [2.24, 2.45) is 0 Å². The van der Waals surface area contributed by atoms with Crippen molar-refractivity contribution in [3.8, 4) is 0 Å². The second-order valence-electron chi connectivity index (χ2n) is 7.17. The minimum absolute atomic E-state index is 0.0470. The smallest absolute Gasteiger partial charge is 0.322 e. The summed E-state index contributed by atoms with van der Waals surface area (Å²) in [4.78, 5) is 26.2. The highest BCUT2D eigenvalue weighted by molar-refractivity contribution is 7.90. The molecule has 9 nitrogen and oxygen atoms in total. The van der Waals surface area contributed by atoms with E-state index in [4.69, 9.17) is 4.42 Å². The van der Waals surface area contributed by atoms with E-state index in [-0.39, 0.29) is 35.7 Å². The van der Waals surface area contributed by atoms with Crippen molar-refractivity contribution >= 4 is 33.4 Å². The largest absolute Gasteiger partial charge is 0.407 e. The lowest BCUT2D eigenvalue weighted by atomic mass is 10.1. The van der Waals surface area contributed by atoms with Gasteiger partial charge >= 0.3 is 6.01 Å². The van der Waals surface area contributed by atoms with Gasteiger partial charge in [0.05, 0.1) is 10.8 Å². The van der Waals surface area contributed by atoms with Crippen LogP contribution < -0.4 is 10.2 Å². The van der Waals surface area contributed by atoms with Crippen molar-refractivity contribution in [2.75, 3.05) is 23.0 Å². The summed E-state index contributed by atoms with van der Waals surface area (Å²) in [7, 11) is -3.36. The molecule has 4 rings (SSSR count). The van der Waals surface area contributed by atoms with Crippen LogP contribution in [0.25, 0.3) is 0 Å². The van der Waals surface area contributed by atoms with Crippen LogP contribution in [0.2, 0.25) is 0 Å². The summed E-state index contributed by atoms with van der Waals surface area (Å²) >= 11 is 0. The number of amides is 2. The zero-order chi connectivity index (χ0) is 23.0. The van der Waals surface area contributed by atoms with Gasteiger partial charge in [0, 0.05) is 24.9 Å². The maximum atomic E-state index is 13.7. The molecule has 1 aliphatic rings. The van der Waals surface area contributed by atoms with E-state index in [1.54, 1.807) is 0 Å². The van der Waals surface area contributed by atoms with Crippen LogP contribution in [0, 0.1) is 11.6 Å². The fourth-order valence-electron chi connectivity index (χ4n) is 3.32. The Bertz CT molecular complexity index is 1290. The fraction of sp³-hybridized carbons (Fsp3) is 0.200. The van der Waals surface area contributed by atoms with E-state index in [0.717, 1.165) is 24.5 Å². The van der Waals surface area contributed by atoms with E-state index in [1.807, 2.05) is 0 Å². The standard InChI is InChI=1S/C20H16F2N4O5S/c1-32(29,30)13-7-5-12(6-8-13)26-10-11(9-16(26)27)19-24-25-20(31-19)23-18(28)17-14(21)3-2-4-15(17)22/h2-8,11H,9-10H2,1H3,(H,23,25,28). The van der Waals surface area contributed by atoms with Crippen molar-refractivity contribution in [3.05, 3.63) is 65.6 Å². The van der Waals surface area contributed by atoms with Crippen molar-refractivity contribution in [1.29, 1.82) is 0 Å². The number of aromatic nitrogens is 2. The molecule has 3 aromatic rings. The molecule has 1 N–H and O–H groups in total. The number of rotatable bonds is 5. The average Bonchev–Trinajstić information content (AvgIpc) is 3.34. The number of carbonyl (C=O) groups is 2. The lowest BCUT2D eigenvalue weighted by molar-refractivity contribution is -0.117. The molecule has 1 saturated heterocycles. The van der Waals surface area contributed by atoms with Gasteiger partial charge in [-0.25, -0.2) is 17.2 Å². The molecule has 12 heteroatoms. The Morgan fingerprint density at radius 3 is 2.41 bits per heavy atom. The average molecular weight is 462 g/mol. The van der Waals surface area contributed by atoms with Gasteiger partial charge in [-0.3, -0.25) is 14.9 Å². The predicted molar refractivity (Wildman–Crippen MR) is 108 cm³/mol. The highest BCUT2D eigenvalue weighted by Crippen LogP contribution is 2.32. The summed E-state index contributed by atoms with van der Waals surface area (Å²) < 4.78 is 56.1. The number of hydrogen-bond donors (Lipinski definition) is 1. The predicted octanol–water partition coefficient (Wildman–Crippen LogP) is 2.52. The van der Waals surface area contributed by atoms with Crippen LogP contribution in [0.3, 0.4) is 0 Å². The summed E-state index contributed by atoms with van der Waals surface area (Å²) in [6, 6.07) is 8.52. The highest BCUT2D eigenvalue weighted by Gasteiger charge is 2.35. The Morgan fingerprint density at radius 2 is 1.78 bits per heavy atom. The second-order valence-corrected chi connectivity index (χ2v) is 9.18. The summed E-state index contributed by atoms with van der Waals surface area (Å²) in [6.07, 6.45) is 1.14. The normalized spacial score (nSPS) is 16.4. The number of halogens is 2. The number of anilines is 2. The molecule has 2 heterocycles. The SMILES string of the molecule is CS(=O)(=O)c1ccc(N2CC(c3nnc(NC(=O)c4c(F)cccc4F)o3)CC2=O)cc1. The zero-order valence-electron chi connectivity index (χ0n) is 16.6. The van der Waals surface area contributed by atoms with Crippen LogP contribution in [0.4, 0.5) is 20.5 Å². The topological polar surface area (TPSA) is 122 Å². The van der Waals surface area contributed by atoms with Crippen LogP contribution in [0.15, 0.2) is 51.8 Å². The first-order chi connectivity index (χ1) is 15.1. The molecule has 32 heavy (non-hydrogen) atoms. The quantitative estimate of drug-likeness (QED) is 0.618. The maximum absolute atomic E-state index is 13.7. The number of carbonyl (C=O) groups excluding carboxylic acids is 2. The van der Waals surface area contributed by atoms with E-state index in [0.29, 0.717) is 5.69 Å². The molecule has 2 aromatic carbocycles. The molecule has 0 aliphatic carbocycles. The third kappa shape index (κ3) is 4.21. The van der Waals surface area contributed by atoms with Crippen LogP contribution >= 0.6 is 0 Å². The van der Waals surface area contributed by atoms with E-state index >= 15 is 0 Å². The number of benzene rings is 2. The van der Waals surface area contributed by atoms with Crippen LogP contribution in [-0.4, -0.2) is 43.2 Å². The Morgan fingerprint density at radius 1 is 1.12 bits per heavy atom. The molecular formula is C20H16F2N4O5S. The number of nitrogens with zero attached hydrogens (tertiary/aromatic N) is 3. The summed E-state index contributed by atoms with van der Waals surface area (Å²) in [5.41, 5.74) is -0.278. The highest BCUT2D eigenvalue weighted by atomic mass is 32.2. The first kappa shape index (κ1) is 21.6. The number of nitrogens with one attached hydrogen (secondary N) is 1. The Hall–Kier alpha value is -3.67. The lowest BCUT2D eigenvalue weighted by Crippen LogP contribution is -2.24. The Labute approximate surface area is 181 Å². The molecule has 0 saturated carbocycles. The van der Waals surface area contributed by atoms with Crippen molar-refractivity contribution in [2.45, 2.75) is 17.2 Å². The third-order valence-corrected chi connectivity index (χ3v) is 6.03. The first-order valence-corrected chi connectivity index (χ1v) is 11.2. The van der Waals surface area contributed by atoms with Gasteiger partial charge in [-0.05, 0) is 36.4 Å². The van der Waals surface area contributed by atoms with Gasteiger partial charge in [0.2, 0.25) is 11.8 Å². The van der Waals surface area contributed by atoms with Gasteiger partial charge in [-0.1, -0.05) is 11.2 Å². The van der Waals surface area contributed by atoms with E-state index in [2.05, 4.69) is 15.5 Å². The monoisotopic (exact) mass is 462 g/mol. The second kappa shape index (κ2) is 8.11. The molecule has 2 amide bonds. The van der Waals surface area contributed by atoms with E-state index < -0.39 is 38.9 Å². The van der Waals surface area contributed by atoms with Gasteiger partial charge in [-0.15, -0.1) is 5.10 Å². The molecule has 0 bridgehead atoms. The van der Waals surface area contributed by atoms with Crippen LogP contribution in [0.5, 0.6) is 0 Å². The Kier molecular flexibility index (Phi) is 5.46. The van der Waals surface area contributed by atoms with Gasteiger partial charge in [0.1, 0.15) is 17.2 Å². The molecule has 1 aliphatic heterocycles. The summed E-state index contributed by atoms with van der Waals surface area (Å²) in [5.74, 6) is -3.83. The number of hydrogen-bond acceptors (Lipinski definition) is 7. The van der Waals surface area contributed by atoms with Crippen molar-refractivity contribution in [1.82, 2.24) is 10.2 Å².